The summed E-state index contributed by atoms with van der Waals surface area (Å²) in [6.07, 6.45) is 0.363. The van der Waals surface area contributed by atoms with E-state index >= 15 is 0 Å². The van der Waals surface area contributed by atoms with Crippen molar-refractivity contribution in [2.75, 3.05) is 24.7 Å². The fourth-order valence-corrected chi connectivity index (χ4v) is 3.99. The average Bonchev–Trinajstić information content (AvgIpc) is 3.14. The van der Waals surface area contributed by atoms with Crippen LogP contribution in [0, 0.1) is 0 Å². The van der Waals surface area contributed by atoms with Gasteiger partial charge in [-0.2, -0.15) is 18.3 Å². The van der Waals surface area contributed by atoms with Crippen LogP contribution in [-0.4, -0.2) is 54.5 Å². The maximum absolute atomic E-state index is 13.5. The number of nitrogens with zero attached hydrogens (tertiary/aromatic N) is 3. The van der Waals surface area contributed by atoms with Crippen LogP contribution in [0.5, 0.6) is 0 Å². The molecule has 2 amide bonds. The summed E-state index contributed by atoms with van der Waals surface area (Å²) < 4.78 is 67.1. The van der Waals surface area contributed by atoms with Gasteiger partial charge in [-0.05, 0) is 37.1 Å². The van der Waals surface area contributed by atoms with E-state index in [0.717, 1.165) is 12.3 Å². The van der Waals surface area contributed by atoms with Crippen LogP contribution < -0.4 is 10.0 Å². The number of likely N-dealkylation sites (tertiary alicyclic amines) is 1. The first-order chi connectivity index (χ1) is 13.5. The molecule has 2 N–H and O–H groups in total. The summed E-state index contributed by atoms with van der Waals surface area (Å²) in [5.74, 6) is 0. The Hall–Kier alpha value is -2.60. The predicted octanol–water partition coefficient (Wildman–Crippen LogP) is 2.44. The minimum atomic E-state index is -4.69. The third-order valence-electron chi connectivity index (χ3n) is 4.41. The number of amides is 2. The molecule has 1 atom stereocenters. The summed E-state index contributed by atoms with van der Waals surface area (Å²) in [4.78, 5) is 13.8. The number of carbonyl (C=O) groups is 1. The van der Waals surface area contributed by atoms with Gasteiger partial charge in [0, 0.05) is 31.5 Å². The second kappa shape index (κ2) is 8.03. The van der Waals surface area contributed by atoms with Crippen molar-refractivity contribution in [1.82, 2.24) is 19.4 Å². The van der Waals surface area contributed by atoms with Gasteiger partial charge in [0.15, 0.2) is 0 Å². The number of sulfonamides is 1. The molecule has 0 bridgehead atoms. The van der Waals surface area contributed by atoms with Gasteiger partial charge in [0.1, 0.15) is 0 Å². The van der Waals surface area contributed by atoms with Gasteiger partial charge in [-0.15, -0.1) is 0 Å². The molecule has 0 spiro atoms. The molecule has 1 aliphatic heterocycles. The molecule has 1 saturated heterocycles. The van der Waals surface area contributed by atoms with E-state index in [4.69, 9.17) is 0 Å². The first-order valence-electron chi connectivity index (χ1n) is 8.77. The van der Waals surface area contributed by atoms with Crippen LogP contribution in [0.4, 0.5) is 23.7 Å². The molecule has 3 rings (SSSR count). The second-order valence-electron chi connectivity index (χ2n) is 6.78. The number of rotatable bonds is 4. The van der Waals surface area contributed by atoms with Gasteiger partial charge in [-0.1, -0.05) is 0 Å². The summed E-state index contributed by atoms with van der Waals surface area (Å²) in [5, 5.41) is 6.21. The molecular formula is C17H20F3N5O3S. The topological polar surface area (TPSA) is 96.3 Å². The molecule has 0 saturated carbocycles. The van der Waals surface area contributed by atoms with Crippen molar-refractivity contribution in [2.45, 2.75) is 25.1 Å². The number of nitrogens with one attached hydrogen (secondary N) is 2. The number of aromatic nitrogens is 2. The van der Waals surface area contributed by atoms with Crippen LogP contribution in [-0.2, 0) is 16.2 Å². The molecule has 0 unspecified atom stereocenters. The summed E-state index contributed by atoms with van der Waals surface area (Å²) >= 11 is 0. The number of carbonyl (C=O) groups excluding carboxylic acids is 1. The van der Waals surface area contributed by atoms with Crippen LogP contribution in [0.25, 0.3) is 5.69 Å². The Bertz CT molecular complexity index is 977. The van der Waals surface area contributed by atoms with E-state index in [1.165, 1.54) is 34.1 Å². The van der Waals surface area contributed by atoms with Gasteiger partial charge < -0.3 is 10.2 Å². The third kappa shape index (κ3) is 5.48. The van der Waals surface area contributed by atoms with Crippen molar-refractivity contribution in [3.8, 4) is 5.69 Å². The molecule has 12 heteroatoms. The van der Waals surface area contributed by atoms with E-state index in [-0.39, 0.29) is 17.9 Å². The van der Waals surface area contributed by atoms with E-state index in [0.29, 0.717) is 19.4 Å². The predicted molar refractivity (Wildman–Crippen MR) is 100 cm³/mol. The Morgan fingerprint density at radius 1 is 1.31 bits per heavy atom. The minimum Gasteiger partial charge on any atom is -0.323 e. The zero-order valence-electron chi connectivity index (χ0n) is 15.5. The number of alkyl halides is 3. The largest absolute Gasteiger partial charge is 0.418 e. The van der Waals surface area contributed by atoms with E-state index in [1.54, 1.807) is 6.07 Å². The highest BCUT2D eigenvalue weighted by Crippen LogP contribution is 2.36. The molecule has 158 valence electrons. The monoisotopic (exact) mass is 431 g/mol. The fraction of sp³-hybridized carbons (Fsp3) is 0.412. The average molecular weight is 431 g/mol. The molecule has 29 heavy (non-hydrogen) atoms. The number of hydrogen-bond acceptors (Lipinski definition) is 4. The lowest BCUT2D eigenvalue weighted by Crippen LogP contribution is -2.50. The Kier molecular flexibility index (Phi) is 5.85. The lowest BCUT2D eigenvalue weighted by Gasteiger charge is -2.33. The molecule has 1 fully saturated rings. The van der Waals surface area contributed by atoms with E-state index in [2.05, 4.69) is 15.1 Å². The van der Waals surface area contributed by atoms with E-state index < -0.39 is 33.8 Å². The van der Waals surface area contributed by atoms with Crippen molar-refractivity contribution in [3.63, 3.8) is 0 Å². The number of piperidine rings is 1. The van der Waals surface area contributed by atoms with Crippen LogP contribution in [0.15, 0.2) is 36.7 Å². The van der Waals surface area contributed by atoms with Gasteiger partial charge in [0.2, 0.25) is 10.0 Å². The van der Waals surface area contributed by atoms with E-state index in [9.17, 15) is 26.4 Å². The number of halogens is 3. The lowest BCUT2D eigenvalue weighted by atomic mass is 10.1. The quantitative estimate of drug-likeness (QED) is 0.777. The number of urea groups is 1. The maximum atomic E-state index is 13.5. The van der Waals surface area contributed by atoms with Gasteiger partial charge in [-0.25, -0.2) is 22.6 Å². The molecule has 2 aromatic rings. The fourth-order valence-electron chi connectivity index (χ4n) is 3.19. The third-order valence-corrected chi connectivity index (χ3v) is 5.17. The van der Waals surface area contributed by atoms with Crippen LogP contribution in [0.2, 0.25) is 0 Å². The molecule has 2 heterocycles. The van der Waals surface area contributed by atoms with Gasteiger partial charge in [0.05, 0.1) is 23.2 Å². The highest BCUT2D eigenvalue weighted by atomic mass is 32.2. The highest BCUT2D eigenvalue weighted by molar-refractivity contribution is 7.88. The van der Waals surface area contributed by atoms with Crippen LogP contribution in [0.1, 0.15) is 18.4 Å². The summed E-state index contributed by atoms with van der Waals surface area (Å²) in [5.41, 5.74) is -1.17. The number of hydrogen-bond donors (Lipinski definition) is 2. The number of benzene rings is 1. The van der Waals surface area contributed by atoms with Crippen molar-refractivity contribution in [2.24, 2.45) is 0 Å². The standard InChI is InChI=1S/C17H20F3N5O3S/c1-29(27,28)23-12-4-2-8-24(11-12)16(26)22-15-6-5-13(25-9-3-7-21-25)10-14(15)17(18,19)20/h3,5-7,9-10,12,23H,2,4,8,11H2,1H3,(H,22,26)/t12-/m1/s1. The van der Waals surface area contributed by atoms with E-state index in [1.807, 2.05) is 0 Å². The Balaban J connectivity index is 1.79. The molecule has 1 aromatic carbocycles. The SMILES string of the molecule is CS(=O)(=O)N[C@@H]1CCCN(C(=O)Nc2ccc(-n3cccn3)cc2C(F)(F)F)C1. The molecule has 1 aromatic heterocycles. The molecule has 8 nitrogen and oxygen atoms in total. The first kappa shape index (κ1) is 21.1. The van der Waals surface area contributed by atoms with Gasteiger partial charge in [-0.3, -0.25) is 0 Å². The van der Waals surface area contributed by atoms with Crippen molar-refractivity contribution >= 4 is 21.7 Å². The summed E-state index contributed by atoms with van der Waals surface area (Å²) in [6.45, 7) is 0.395. The van der Waals surface area contributed by atoms with Crippen LogP contribution >= 0.6 is 0 Å². The summed E-state index contributed by atoms with van der Waals surface area (Å²) in [7, 11) is -3.45. The summed E-state index contributed by atoms with van der Waals surface area (Å²) in [6, 6.07) is 3.89. The first-order valence-corrected chi connectivity index (χ1v) is 10.7. The molecular weight excluding hydrogens is 411 g/mol. The molecule has 1 aliphatic rings. The Morgan fingerprint density at radius 2 is 2.07 bits per heavy atom. The maximum Gasteiger partial charge on any atom is 0.418 e. The molecule has 0 aliphatic carbocycles. The minimum absolute atomic E-state index is 0.0750. The zero-order chi connectivity index (χ0) is 21.2. The smallest absolute Gasteiger partial charge is 0.323 e. The van der Waals surface area contributed by atoms with Gasteiger partial charge >= 0.3 is 12.2 Å². The van der Waals surface area contributed by atoms with Crippen molar-refractivity contribution in [1.29, 1.82) is 0 Å². The zero-order valence-corrected chi connectivity index (χ0v) is 16.3. The van der Waals surface area contributed by atoms with Crippen molar-refractivity contribution < 1.29 is 26.4 Å². The van der Waals surface area contributed by atoms with Crippen molar-refractivity contribution in [3.05, 3.63) is 42.2 Å². The van der Waals surface area contributed by atoms with Gasteiger partial charge in [0.25, 0.3) is 0 Å². The second-order valence-corrected chi connectivity index (χ2v) is 8.56. The number of anilines is 1. The normalized spacial score (nSPS) is 17.9. The molecule has 0 radical (unpaired) electrons. The lowest BCUT2D eigenvalue weighted by molar-refractivity contribution is -0.136. The Labute approximate surface area is 165 Å². The van der Waals surface area contributed by atoms with Crippen LogP contribution in [0.3, 0.4) is 0 Å². The highest BCUT2D eigenvalue weighted by Gasteiger charge is 2.35. The Morgan fingerprint density at radius 3 is 2.69 bits per heavy atom.